The average molecular weight is 347 g/mol. The smallest absolute Gasteiger partial charge is 0.309 e. The number of rotatable bonds is 4. The number of hydrogen-bond acceptors (Lipinski definition) is 5. The van der Waals surface area contributed by atoms with E-state index in [1.807, 2.05) is 62.4 Å². The SMILES string of the molecule is Cc1ccc2oc(-c3nnc(C(=O)NCc4ccccc4)o3)c(C)c2c1. The van der Waals surface area contributed by atoms with E-state index in [1.54, 1.807) is 0 Å². The summed E-state index contributed by atoms with van der Waals surface area (Å²) in [5.74, 6) is 0.172. The van der Waals surface area contributed by atoms with Crippen LogP contribution in [0.1, 0.15) is 27.4 Å². The molecule has 0 saturated heterocycles. The van der Waals surface area contributed by atoms with E-state index in [4.69, 9.17) is 8.83 Å². The van der Waals surface area contributed by atoms with Crippen molar-refractivity contribution in [2.24, 2.45) is 0 Å². The van der Waals surface area contributed by atoms with Crippen molar-refractivity contribution in [3.63, 3.8) is 0 Å². The Morgan fingerprint density at radius 2 is 1.85 bits per heavy atom. The van der Waals surface area contributed by atoms with Gasteiger partial charge in [0.15, 0.2) is 5.76 Å². The number of amides is 1. The van der Waals surface area contributed by atoms with Gasteiger partial charge < -0.3 is 14.2 Å². The van der Waals surface area contributed by atoms with E-state index < -0.39 is 5.91 Å². The van der Waals surface area contributed by atoms with Crippen LogP contribution in [0.3, 0.4) is 0 Å². The Labute approximate surface area is 149 Å². The summed E-state index contributed by atoms with van der Waals surface area (Å²) in [5, 5.41) is 11.6. The first-order chi connectivity index (χ1) is 12.6. The summed E-state index contributed by atoms with van der Waals surface area (Å²) in [6, 6.07) is 15.5. The Hall–Kier alpha value is -3.41. The largest absolute Gasteiger partial charge is 0.451 e. The number of fused-ring (bicyclic) bond motifs is 1. The lowest BCUT2D eigenvalue weighted by molar-refractivity contribution is 0.0916. The third-order valence-corrected chi connectivity index (χ3v) is 4.20. The number of benzene rings is 2. The molecule has 0 aliphatic rings. The van der Waals surface area contributed by atoms with Gasteiger partial charge in [0.05, 0.1) is 0 Å². The van der Waals surface area contributed by atoms with Crippen molar-refractivity contribution < 1.29 is 13.6 Å². The summed E-state index contributed by atoms with van der Waals surface area (Å²) < 4.78 is 11.4. The molecule has 0 aliphatic heterocycles. The number of carbonyl (C=O) groups excluding carboxylic acids is 1. The standard InChI is InChI=1S/C20H17N3O3/c1-12-8-9-16-15(10-12)13(2)17(25-16)19-22-23-20(26-19)18(24)21-11-14-6-4-3-5-7-14/h3-10H,11H2,1-2H3,(H,21,24). The molecule has 0 saturated carbocycles. The van der Waals surface area contributed by atoms with Crippen LogP contribution >= 0.6 is 0 Å². The lowest BCUT2D eigenvalue weighted by Crippen LogP contribution is -2.23. The fraction of sp³-hybridized carbons (Fsp3) is 0.150. The van der Waals surface area contributed by atoms with E-state index in [-0.39, 0.29) is 11.8 Å². The second-order valence-electron chi connectivity index (χ2n) is 6.14. The van der Waals surface area contributed by atoms with Crippen LogP contribution in [0.5, 0.6) is 0 Å². The molecule has 2 aromatic heterocycles. The van der Waals surface area contributed by atoms with Gasteiger partial charge in [-0.15, -0.1) is 10.2 Å². The highest BCUT2D eigenvalue weighted by atomic mass is 16.4. The lowest BCUT2D eigenvalue weighted by atomic mass is 10.1. The Balaban J connectivity index is 1.56. The van der Waals surface area contributed by atoms with Gasteiger partial charge in [0.1, 0.15) is 5.58 Å². The zero-order valence-electron chi connectivity index (χ0n) is 14.4. The number of nitrogens with zero attached hydrogens (tertiary/aromatic N) is 2. The monoisotopic (exact) mass is 347 g/mol. The molecule has 4 aromatic rings. The minimum absolute atomic E-state index is 0.0908. The van der Waals surface area contributed by atoms with Gasteiger partial charge in [-0.05, 0) is 31.5 Å². The highest BCUT2D eigenvalue weighted by molar-refractivity contribution is 5.90. The Kier molecular flexibility index (Phi) is 4.01. The van der Waals surface area contributed by atoms with E-state index >= 15 is 0 Å². The van der Waals surface area contributed by atoms with Crippen LogP contribution < -0.4 is 5.32 Å². The second-order valence-corrected chi connectivity index (χ2v) is 6.14. The molecule has 0 radical (unpaired) electrons. The second kappa shape index (κ2) is 6.48. The normalized spacial score (nSPS) is 11.0. The number of aryl methyl sites for hydroxylation is 2. The maximum atomic E-state index is 12.2. The minimum Gasteiger partial charge on any atom is -0.451 e. The van der Waals surface area contributed by atoms with E-state index in [0.717, 1.165) is 27.7 Å². The van der Waals surface area contributed by atoms with Gasteiger partial charge in [-0.1, -0.05) is 42.0 Å². The van der Waals surface area contributed by atoms with E-state index in [9.17, 15) is 4.79 Å². The minimum atomic E-state index is -0.419. The quantitative estimate of drug-likeness (QED) is 0.603. The zero-order chi connectivity index (χ0) is 18.1. The van der Waals surface area contributed by atoms with E-state index in [0.29, 0.717) is 12.3 Å². The number of carbonyl (C=O) groups is 1. The number of nitrogens with one attached hydrogen (secondary N) is 1. The van der Waals surface area contributed by atoms with Crippen molar-refractivity contribution in [2.45, 2.75) is 20.4 Å². The molecule has 0 fully saturated rings. The fourth-order valence-corrected chi connectivity index (χ4v) is 2.80. The molecule has 1 N–H and O–H groups in total. The molecule has 2 aromatic carbocycles. The number of aromatic nitrogens is 2. The summed E-state index contributed by atoms with van der Waals surface area (Å²) in [5.41, 5.74) is 3.78. The van der Waals surface area contributed by atoms with Gasteiger partial charge >= 0.3 is 11.8 Å². The summed E-state index contributed by atoms with van der Waals surface area (Å²) in [6.07, 6.45) is 0. The maximum Gasteiger partial charge on any atom is 0.309 e. The van der Waals surface area contributed by atoms with Crippen LogP contribution in [0.15, 0.2) is 57.4 Å². The van der Waals surface area contributed by atoms with Crippen molar-refractivity contribution in [3.05, 3.63) is 71.1 Å². The van der Waals surface area contributed by atoms with Crippen LogP contribution in [-0.4, -0.2) is 16.1 Å². The van der Waals surface area contributed by atoms with Crippen LogP contribution in [0, 0.1) is 13.8 Å². The molecule has 26 heavy (non-hydrogen) atoms. The third-order valence-electron chi connectivity index (χ3n) is 4.20. The average Bonchev–Trinajstić information content (AvgIpc) is 3.26. The van der Waals surface area contributed by atoms with Crippen molar-refractivity contribution in [1.29, 1.82) is 0 Å². The van der Waals surface area contributed by atoms with Crippen molar-refractivity contribution in [2.75, 3.05) is 0 Å². The van der Waals surface area contributed by atoms with Crippen LogP contribution in [-0.2, 0) is 6.54 Å². The van der Waals surface area contributed by atoms with Crippen LogP contribution in [0.25, 0.3) is 22.6 Å². The fourth-order valence-electron chi connectivity index (χ4n) is 2.80. The van der Waals surface area contributed by atoms with Crippen LogP contribution in [0.4, 0.5) is 0 Å². The zero-order valence-corrected chi connectivity index (χ0v) is 14.4. The first kappa shape index (κ1) is 16.1. The van der Waals surface area contributed by atoms with Gasteiger partial charge in [0, 0.05) is 17.5 Å². The highest BCUT2D eigenvalue weighted by Gasteiger charge is 2.21. The summed E-state index contributed by atoms with van der Waals surface area (Å²) in [7, 11) is 0. The van der Waals surface area contributed by atoms with Crippen molar-refractivity contribution in [3.8, 4) is 11.7 Å². The molecule has 130 valence electrons. The first-order valence-electron chi connectivity index (χ1n) is 8.27. The van der Waals surface area contributed by atoms with E-state index in [1.165, 1.54) is 0 Å². The molecule has 0 spiro atoms. The molecule has 6 heteroatoms. The maximum absolute atomic E-state index is 12.2. The Bertz CT molecular complexity index is 1080. The van der Waals surface area contributed by atoms with E-state index in [2.05, 4.69) is 15.5 Å². The first-order valence-corrected chi connectivity index (χ1v) is 8.27. The summed E-state index contributed by atoms with van der Waals surface area (Å²) in [6.45, 7) is 4.34. The molecule has 2 heterocycles. The lowest BCUT2D eigenvalue weighted by Gasteiger charge is -2.01. The van der Waals surface area contributed by atoms with Gasteiger partial charge in [-0.3, -0.25) is 4.79 Å². The molecule has 0 unspecified atom stereocenters. The summed E-state index contributed by atoms with van der Waals surface area (Å²) in [4.78, 5) is 12.2. The topological polar surface area (TPSA) is 81.2 Å². The van der Waals surface area contributed by atoms with Gasteiger partial charge in [0.25, 0.3) is 5.89 Å². The molecule has 0 bridgehead atoms. The van der Waals surface area contributed by atoms with Gasteiger partial charge in [-0.25, -0.2) is 0 Å². The van der Waals surface area contributed by atoms with Crippen LogP contribution in [0.2, 0.25) is 0 Å². The van der Waals surface area contributed by atoms with Crippen molar-refractivity contribution in [1.82, 2.24) is 15.5 Å². The number of furan rings is 1. The highest BCUT2D eigenvalue weighted by Crippen LogP contribution is 2.32. The molecule has 1 amide bonds. The van der Waals surface area contributed by atoms with Crippen molar-refractivity contribution >= 4 is 16.9 Å². The third kappa shape index (κ3) is 2.97. The Morgan fingerprint density at radius 1 is 1.04 bits per heavy atom. The molecular weight excluding hydrogens is 330 g/mol. The molecule has 0 aliphatic carbocycles. The molecular formula is C20H17N3O3. The number of hydrogen-bond donors (Lipinski definition) is 1. The Morgan fingerprint density at radius 3 is 2.65 bits per heavy atom. The summed E-state index contributed by atoms with van der Waals surface area (Å²) >= 11 is 0. The molecule has 4 rings (SSSR count). The predicted octanol–water partition coefficient (Wildman–Crippen LogP) is 4.03. The molecule has 0 atom stereocenters. The predicted molar refractivity (Wildman–Crippen MR) is 96.6 cm³/mol. The van der Waals surface area contributed by atoms with Gasteiger partial charge in [0.2, 0.25) is 0 Å². The molecule has 6 nitrogen and oxygen atoms in total. The van der Waals surface area contributed by atoms with Gasteiger partial charge in [-0.2, -0.15) is 0 Å².